The van der Waals surface area contributed by atoms with Gasteiger partial charge in [-0.2, -0.15) is 0 Å². The maximum atomic E-state index is 10.2. The summed E-state index contributed by atoms with van der Waals surface area (Å²) >= 11 is 0. The van der Waals surface area contributed by atoms with Crippen molar-refractivity contribution in [3.8, 4) is 0 Å². The molecule has 4 unspecified atom stereocenters. The van der Waals surface area contributed by atoms with Crippen LogP contribution in [0.3, 0.4) is 0 Å². The van der Waals surface area contributed by atoms with Gasteiger partial charge in [0.1, 0.15) is 0 Å². The SMILES string of the molecule is CCC(C)(CO)C(O)CCCCCCCC(O)C(C)(CC)CO. The fourth-order valence-electron chi connectivity index (χ4n) is 2.81. The van der Waals surface area contributed by atoms with Crippen LogP contribution in [0.25, 0.3) is 0 Å². The molecule has 0 spiro atoms. The molecule has 0 amide bonds. The van der Waals surface area contributed by atoms with Crippen molar-refractivity contribution < 1.29 is 20.4 Å². The van der Waals surface area contributed by atoms with Crippen LogP contribution in [0.4, 0.5) is 0 Å². The second-order valence-corrected chi connectivity index (χ2v) is 7.71. The standard InChI is InChI=1S/C19H40O4/c1-5-18(3,14-20)16(22)12-10-8-7-9-11-13-17(23)19(4,6-2)15-21/h16-17,20-23H,5-15H2,1-4H3. The van der Waals surface area contributed by atoms with Crippen molar-refractivity contribution in [3.05, 3.63) is 0 Å². The Labute approximate surface area is 142 Å². The van der Waals surface area contributed by atoms with Gasteiger partial charge in [-0.15, -0.1) is 0 Å². The molecule has 0 rings (SSSR count). The fraction of sp³-hybridized carbons (Fsp3) is 1.00. The molecule has 4 heteroatoms. The van der Waals surface area contributed by atoms with Gasteiger partial charge in [-0.1, -0.05) is 59.8 Å². The smallest absolute Gasteiger partial charge is 0.0615 e. The van der Waals surface area contributed by atoms with Crippen LogP contribution in [0.15, 0.2) is 0 Å². The lowest BCUT2D eigenvalue weighted by Gasteiger charge is -2.31. The molecule has 0 aromatic rings. The molecular formula is C19H40O4. The lowest BCUT2D eigenvalue weighted by Crippen LogP contribution is -2.35. The average molecular weight is 333 g/mol. The van der Waals surface area contributed by atoms with E-state index in [1.807, 2.05) is 27.7 Å². The largest absolute Gasteiger partial charge is 0.396 e. The number of hydrogen-bond acceptors (Lipinski definition) is 4. The predicted molar refractivity (Wildman–Crippen MR) is 95.3 cm³/mol. The highest BCUT2D eigenvalue weighted by Gasteiger charge is 2.30. The van der Waals surface area contributed by atoms with Gasteiger partial charge in [0.25, 0.3) is 0 Å². The second kappa shape index (κ2) is 11.4. The lowest BCUT2D eigenvalue weighted by atomic mass is 9.80. The molecule has 0 bridgehead atoms. The van der Waals surface area contributed by atoms with Crippen molar-refractivity contribution in [2.24, 2.45) is 10.8 Å². The lowest BCUT2D eigenvalue weighted by molar-refractivity contribution is -0.0145. The minimum atomic E-state index is -0.436. The highest BCUT2D eigenvalue weighted by atomic mass is 16.3. The van der Waals surface area contributed by atoms with Crippen molar-refractivity contribution >= 4 is 0 Å². The Morgan fingerprint density at radius 2 is 0.957 bits per heavy atom. The van der Waals surface area contributed by atoms with Crippen LogP contribution in [0, 0.1) is 10.8 Å². The molecular weight excluding hydrogens is 292 g/mol. The third-order valence-corrected chi connectivity index (χ3v) is 5.90. The molecule has 0 radical (unpaired) electrons. The van der Waals surface area contributed by atoms with Gasteiger partial charge >= 0.3 is 0 Å². The van der Waals surface area contributed by atoms with Crippen LogP contribution in [0.5, 0.6) is 0 Å². The number of aliphatic hydroxyl groups excluding tert-OH is 4. The van der Waals surface area contributed by atoms with Gasteiger partial charge in [0.2, 0.25) is 0 Å². The van der Waals surface area contributed by atoms with E-state index in [9.17, 15) is 20.4 Å². The van der Waals surface area contributed by atoms with E-state index in [2.05, 4.69) is 0 Å². The monoisotopic (exact) mass is 332 g/mol. The van der Waals surface area contributed by atoms with E-state index < -0.39 is 12.2 Å². The van der Waals surface area contributed by atoms with E-state index in [1.165, 1.54) is 0 Å². The number of rotatable bonds is 14. The van der Waals surface area contributed by atoms with Crippen molar-refractivity contribution in [3.63, 3.8) is 0 Å². The molecule has 4 nitrogen and oxygen atoms in total. The first-order valence-electron chi connectivity index (χ1n) is 9.37. The highest BCUT2D eigenvalue weighted by molar-refractivity contribution is 4.81. The zero-order valence-electron chi connectivity index (χ0n) is 15.7. The van der Waals surface area contributed by atoms with E-state index >= 15 is 0 Å². The average Bonchev–Trinajstić information content (AvgIpc) is 2.58. The summed E-state index contributed by atoms with van der Waals surface area (Å²) in [5.74, 6) is 0. The Morgan fingerprint density at radius 1 is 0.652 bits per heavy atom. The van der Waals surface area contributed by atoms with Crippen molar-refractivity contribution in [2.45, 2.75) is 97.7 Å². The molecule has 0 saturated heterocycles. The quantitative estimate of drug-likeness (QED) is 0.368. The summed E-state index contributed by atoms with van der Waals surface area (Å²) in [4.78, 5) is 0. The van der Waals surface area contributed by atoms with Crippen LogP contribution in [0.1, 0.15) is 85.5 Å². The van der Waals surface area contributed by atoms with Crippen LogP contribution in [-0.2, 0) is 0 Å². The van der Waals surface area contributed by atoms with Gasteiger partial charge in [-0.3, -0.25) is 0 Å². The van der Waals surface area contributed by atoms with E-state index in [0.717, 1.165) is 57.8 Å². The van der Waals surface area contributed by atoms with Gasteiger partial charge in [-0.05, 0) is 25.7 Å². The zero-order chi connectivity index (χ0) is 17.9. The van der Waals surface area contributed by atoms with Crippen LogP contribution >= 0.6 is 0 Å². The van der Waals surface area contributed by atoms with Gasteiger partial charge in [-0.25, -0.2) is 0 Å². The predicted octanol–water partition coefficient (Wildman–Crippen LogP) is 3.26. The molecule has 140 valence electrons. The first-order chi connectivity index (χ1) is 10.8. The summed E-state index contributed by atoms with van der Waals surface area (Å²) in [6, 6.07) is 0. The number of aliphatic hydroxyl groups is 4. The van der Waals surface area contributed by atoms with E-state index in [1.54, 1.807) is 0 Å². The molecule has 0 aromatic heterocycles. The molecule has 0 heterocycles. The van der Waals surface area contributed by atoms with Gasteiger partial charge in [0, 0.05) is 10.8 Å². The molecule has 23 heavy (non-hydrogen) atoms. The topological polar surface area (TPSA) is 80.9 Å². The molecule has 0 aliphatic carbocycles. The zero-order valence-corrected chi connectivity index (χ0v) is 15.7. The summed E-state index contributed by atoms with van der Waals surface area (Å²) < 4.78 is 0. The van der Waals surface area contributed by atoms with Gasteiger partial charge in [0.05, 0.1) is 25.4 Å². The summed E-state index contributed by atoms with van der Waals surface area (Å²) in [6.45, 7) is 7.94. The Hall–Kier alpha value is -0.160. The Morgan fingerprint density at radius 3 is 1.22 bits per heavy atom. The molecule has 4 atom stereocenters. The van der Waals surface area contributed by atoms with Crippen LogP contribution < -0.4 is 0 Å². The number of unbranched alkanes of at least 4 members (excludes halogenated alkanes) is 4. The van der Waals surface area contributed by atoms with Crippen molar-refractivity contribution in [1.82, 2.24) is 0 Å². The third-order valence-electron chi connectivity index (χ3n) is 5.90. The molecule has 0 saturated carbocycles. The molecule has 0 aliphatic rings. The van der Waals surface area contributed by atoms with Gasteiger partial charge in [0.15, 0.2) is 0 Å². The highest BCUT2D eigenvalue weighted by Crippen LogP contribution is 2.30. The maximum Gasteiger partial charge on any atom is 0.0615 e. The summed E-state index contributed by atoms with van der Waals surface area (Å²) in [5.41, 5.74) is -0.752. The Balaban J connectivity index is 3.79. The Kier molecular flexibility index (Phi) is 11.3. The second-order valence-electron chi connectivity index (χ2n) is 7.71. The van der Waals surface area contributed by atoms with E-state index in [-0.39, 0.29) is 24.0 Å². The van der Waals surface area contributed by atoms with E-state index in [4.69, 9.17) is 0 Å². The van der Waals surface area contributed by atoms with Gasteiger partial charge < -0.3 is 20.4 Å². The first-order valence-corrected chi connectivity index (χ1v) is 9.37. The van der Waals surface area contributed by atoms with Crippen LogP contribution in [0.2, 0.25) is 0 Å². The summed E-state index contributed by atoms with van der Waals surface area (Å²) in [5, 5.41) is 39.1. The van der Waals surface area contributed by atoms with Crippen LogP contribution in [-0.4, -0.2) is 45.8 Å². The van der Waals surface area contributed by atoms with Crippen molar-refractivity contribution in [2.75, 3.05) is 13.2 Å². The number of hydrogen-bond donors (Lipinski definition) is 4. The van der Waals surface area contributed by atoms with Crippen molar-refractivity contribution in [1.29, 1.82) is 0 Å². The normalized spacial score (nSPS) is 19.8. The maximum absolute atomic E-state index is 10.2. The minimum absolute atomic E-state index is 0.0314. The molecule has 0 aliphatic heterocycles. The minimum Gasteiger partial charge on any atom is -0.396 e. The van der Waals surface area contributed by atoms with E-state index in [0.29, 0.717) is 0 Å². The first kappa shape index (κ1) is 22.8. The molecule has 4 N–H and O–H groups in total. The Bertz CT molecular complexity index is 257. The molecule has 0 fully saturated rings. The molecule has 0 aromatic carbocycles. The third kappa shape index (κ3) is 7.51. The summed E-state index contributed by atoms with van der Waals surface area (Å²) in [7, 11) is 0. The fourth-order valence-corrected chi connectivity index (χ4v) is 2.81. The summed E-state index contributed by atoms with van der Waals surface area (Å²) in [6.07, 6.45) is 7.37.